The lowest BCUT2D eigenvalue weighted by Crippen LogP contribution is -2.13. The first-order valence-electron chi connectivity index (χ1n) is 6.72. The van der Waals surface area contributed by atoms with Crippen molar-refractivity contribution in [2.75, 3.05) is 25.7 Å². The van der Waals surface area contributed by atoms with Crippen LogP contribution in [0.3, 0.4) is 0 Å². The molecule has 0 bridgehead atoms. The van der Waals surface area contributed by atoms with Crippen LogP contribution in [0, 0.1) is 5.92 Å². The molecule has 1 saturated heterocycles. The zero-order chi connectivity index (χ0) is 13.7. The van der Waals surface area contributed by atoms with Gasteiger partial charge in [-0.2, -0.15) is 11.8 Å². The third-order valence-electron chi connectivity index (χ3n) is 3.69. The van der Waals surface area contributed by atoms with E-state index in [1.807, 2.05) is 30.0 Å². The van der Waals surface area contributed by atoms with Crippen LogP contribution in [-0.2, 0) is 0 Å². The average Bonchev–Trinajstić information content (AvgIpc) is 2.47. The molecule has 1 aliphatic heterocycles. The lowest BCUT2D eigenvalue weighted by Gasteiger charge is -2.24. The van der Waals surface area contributed by atoms with E-state index in [0.717, 1.165) is 12.0 Å². The first-order chi connectivity index (χ1) is 9.24. The number of aliphatic hydroxyl groups is 1. The Hall–Kier alpha value is -0.870. The van der Waals surface area contributed by atoms with Gasteiger partial charge in [-0.05, 0) is 54.4 Å². The summed E-state index contributed by atoms with van der Waals surface area (Å²) in [5.74, 6) is 4.47. The Bertz CT molecular complexity index is 402. The molecule has 0 amide bonds. The standard InChI is InChI=1S/C15H22O3S/c1-17-14-4-3-12(10-15(14)18-2)13(16)9-11-5-7-19-8-6-11/h3-4,10-11,13,16H,5-9H2,1-2H3. The van der Waals surface area contributed by atoms with Crippen molar-refractivity contribution in [2.45, 2.75) is 25.4 Å². The summed E-state index contributed by atoms with van der Waals surface area (Å²) in [6, 6.07) is 5.65. The number of aliphatic hydroxyl groups excluding tert-OH is 1. The Labute approximate surface area is 119 Å². The van der Waals surface area contributed by atoms with E-state index in [4.69, 9.17) is 9.47 Å². The normalized spacial score (nSPS) is 18.1. The Morgan fingerprint density at radius 3 is 2.53 bits per heavy atom. The van der Waals surface area contributed by atoms with Gasteiger partial charge in [0.15, 0.2) is 11.5 Å². The summed E-state index contributed by atoms with van der Waals surface area (Å²) in [7, 11) is 3.24. The van der Waals surface area contributed by atoms with Gasteiger partial charge in [-0.1, -0.05) is 6.07 Å². The minimum atomic E-state index is -0.409. The fourth-order valence-electron chi connectivity index (χ4n) is 2.49. The summed E-state index contributed by atoms with van der Waals surface area (Å²) in [6.45, 7) is 0. The van der Waals surface area contributed by atoms with Crippen molar-refractivity contribution in [2.24, 2.45) is 5.92 Å². The molecule has 1 aliphatic rings. The van der Waals surface area contributed by atoms with E-state index in [-0.39, 0.29) is 0 Å². The summed E-state index contributed by atoms with van der Waals surface area (Å²) >= 11 is 2.01. The van der Waals surface area contributed by atoms with E-state index >= 15 is 0 Å². The number of hydrogen-bond donors (Lipinski definition) is 1. The van der Waals surface area contributed by atoms with Crippen molar-refractivity contribution in [1.29, 1.82) is 0 Å². The lowest BCUT2D eigenvalue weighted by molar-refractivity contribution is 0.140. The number of rotatable bonds is 5. The van der Waals surface area contributed by atoms with E-state index in [1.54, 1.807) is 14.2 Å². The molecule has 1 aromatic rings. The van der Waals surface area contributed by atoms with Crippen molar-refractivity contribution in [1.82, 2.24) is 0 Å². The molecule has 0 aliphatic carbocycles. The minimum absolute atomic E-state index is 0.409. The van der Waals surface area contributed by atoms with Crippen molar-refractivity contribution in [3.8, 4) is 11.5 Å². The maximum Gasteiger partial charge on any atom is 0.161 e. The molecule has 0 spiro atoms. The largest absolute Gasteiger partial charge is 0.493 e. The third kappa shape index (κ3) is 3.80. The van der Waals surface area contributed by atoms with Gasteiger partial charge in [0.2, 0.25) is 0 Å². The first kappa shape index (κ1) is 14.5. The topological polar surface area (TPSA) is 38.7 Å². The van der Waals surface area contributed by atoms with Gasteiger partial charge in [0, 0.05) is 0 Å². The minimum Gasteiger partial charge on any atom is -0.493 e. The highest BCUT2D eigenvalue weighted by Crippen LogP contribution is 2.34. The summed E-state index contributed by atoms with van der Waals surface area (Å²) in [4.78, 5) is 0. The van der Waals surface area contributed by atoms with Gasteiger partial charge in [0.1, 0.15) is 0 Å². The molecule has 2 rings (SSSR count). The van der Waals surface area contributed by atoms with Gasteiger partial charge in [0.05, 0.1) is 20.3 Å². The molecule has 0 saturated carbocycles. The predicted octanol–water partition coefficient (Wildman–Crippen LogP) is 3.27. The van der Waals surface area contributed by atoms with Gasteiger partial charge in [-0.3, -0.25) is 0 Å². The first-order valence-corrected chi connectivity index (χ1v) is 7.87. The van der Waals surface area contributed by atoms with E-state index in [1.165, 1.54) is 24.3 Å². The average molecular weight is 282 g/mol. The molecule has 4 heteroatoms. The Morgan fingerprint density at radius 1 is 1.21 bits per heavy atom. The molecule has 1 fully saturated rings. The van der Waals surface area contributed by atoms with E-state index < -0.39 is 6.10 Å². The SMILES string of the molecule is COc1ccc(C(O)CC2CCSCC2)cc1OC. The van der Waals surface area contributed by atoms with Crippen LogP contribution in [0.25, 0.3) is 0 Å². The Balaban J connectivity index is 2.03. The van der Waals surface area contributed by atoms with Gasteiger partial charge in [-0.15, -0.1) is 0 Å². The fourth-order valence-corrected chi connectivity index (χ4v) is 3.70. The summed E-state index contributed by atoms with van der Waals surface area (Å²) in [5, 5.41) is 10.4. The van der Waals surface area contributed by atoms with Crippen LogP contribution in [-0.4, -0.2) is 30.8 Å². The van der Waals surface area contributed by atoms with Crippen LogP contribution in [0.15, 0.2) is 18.2 Å². The van der Waals surface area contributed by atoms with Crippen molar-refractivity contribution in [3.05, 3.63) is 23.8 Å². The molecule has 106 valence electrons. The highest BCUT2D eigenvalue weighted by molar-refractivity contribution is 7.99. The highest BCUT2D eigenvalue weighted by Gasteiger charge is 2.19. The van der Waals surface area contributed by atoms with Crippen LogP contribution in [0.2, 0.25) is 0 Å². The van der Waals surface area contributed by atoms with Gasteiger partial charge < -0.3 is 14.6 Å². The molecular weight excluding hydrogens is 260 g/mol. The van der Waals surface area contributed by atoms with E-state index in [9.17, 15) is 5.11 Å². The van der Waals surface area contributed by atoms with E-state index in [2.05, 4.69) is 0 Å². The fraction of sp³-hybridized carbons (Fsp3) is 0.600. The van der Waals surface area contributed by atoms with Crippen LogP contribution in [0.4, 0.5) is 0 Å². The molecule has 1 N–H and O–H groups in total. The van der Waals surface area contributed by atoms with Crippen molar-refractivity contribution in [3.63, 3.8) is 0 Å². The van der Waals surface area contributed by atoms with Crippen LogP contribution >= 0.6 is 11.8 Å². The molecule has 1 unspecified atom stereocenters. The molecule has 19 heavy (non-hydrogen) atoms. The maximum absolute atomic E-state index is 10.4. The number of hydrogen-bond acceptors (Lipinski definition) is 4. The predicted molar refractivity (Wildman–Crippen MR) is 79.2 cm³/mol. The van der Waals surface area contributed by atoms with Gasteiger partial charge >= 0.3 is 0 Å². The van der Waals surface area contributed by atoms with Crippen LogP contribution in [0.5, 0.6) is 11.5 Å². The molecule has 0 aromatic heterocycles. The Kier molecular flexibility index (Phi) is 5.40. The lowest BCUT2D eigenvalue weighted by atomic mass is 9.92. The molecule has 1 atom stereocenters. The summed E-state index contributed by atoms with van der Waals surface area (Å²) < 4.78 is 10.5. The molecule has 0 radical (unpaired) electrons. The number of thioether (sulfide) groups is 1. The molecule has 1 aromatic carbocycles. The molecule has 1 heterocycles. The zero-order valence-electron chi connectivity index (χ0n) is 11.6. The zero-order valence-corrected chi connectivity index (χ0v) is 12.4. The number of benzene rings is 1. The van der Waals surface area contributed by atoms with Crippen molar-refractivity contribution < 1.29 is 14.6 Å². The molecule has 3 nitrogen and oxygen atoms in total. The third-order valence-corrected chi connectivity index (χ3v) is 4.74. The summed E-state index contributed by atoms with van der Waals surface area (Å²) in [6.07, 6.45) is 2.87. The van der Waals surface area contributed by atoms with E-state index in [0.29, 0.717) is 17.4 Å². The second kappa shape index (κ2) is 7.06. The maximum atomic E-state index is 10.4. The monoisotopic (exact) mass is 282 g/mol. The Morgan fingerprint density at radius 2 is 1.89 bits per heavy atom. The van der Waals surface area contributed by atoms with Crippen molar-refractivity contribution >= 4 is 11.8 Å². The van der Waals surface area contributed by atoms with Gasteiger partial charge in [-0.25, -0.2) is 0 Å². The second-order valence-corrected chi connectivity index (χ2v) is 6.15. The molecular formula is C15H22O3S. The van der Waals surface area contributed by atoms with Crippen LogP contribution < -0.4 is 9.47 Å². The smallest absolute Gasteiger partial charge is 0.161 e. The summed E-state index contributed by atoms with van der Waals surface area (Å²) in [5.41, 5.74) is 0.913. The highest BCUT2D eigenvalue weighted by atomic mass is 32.2. The van der Waals surface area contributed by atoms with Gasteiger partial charge in [0.25, 0.3) is 0 Å². The van der Waals surface area contributed by atoms with Crippen LogP contribution in [0.1, 0.15) is 30.9 Å². The number of ether oxygens (including phenoxy) is 2. The quantitative estimate of drug-likeness (QED) is 0.899. The number of methoxy groups -OCH3 is 2. The second-order valence-electron chi connectivity index (χ2n) is 4.92.